The number of carbonyl (C=O) groups excluding carboxylic acids is 3. The minimum atomic E-state index is -1.87. The van der Waals surface area contributed by atoms with Crippen LogP contribution in [0.5, 0.6) is 0 Å². The number of hydrogen-bond donors (Lipinski definition) is 1. The van der Waals surface area contributed by atoms with Crippen LogP contribution in [0.3, 0.4) is 0 Å². The van der Waals surface area contributed by atoms with Gasteiger partial charge < -0.3 is 28.2 Å². The van der Waals surface area contributed by atoms with Gasteiger partial charge in [0.2, 0.25) is 5.43 Å². The average molecular weight is 1050 g/mol. The number of halogens is 3. The lowest BCUT2D eigenvalue weighted by molar-refractivity contribution is -0.146. The van der Waals surface area contributed by atoms with Gasteiger partial charge in [0.1, 0.15) is 17.3 Å². The van der Waals surface area contributed by atoms with Crippen LogP contribution in [0.2, 0.25) is 36.3 Å². The summed E-state index contributed by atoms with van der Waals surface area (Å²) in [6.07, 6.45) is 1.62. The van der Waals surface area contributed by atoms with Crippen molar-refractivity contribution in [2.45, 2.75) is 112 Å². The summed E-state index contributed by atoms with van der Waals surface area (Å²) in [5, 5.41) is 3.92. The van der Waals surface area contributed by atoms with Crippen molar-refractivity contribution in [2.75, 3.05) is 39.5 Å². The fourth-order valence-corrected chi connectivity index (χ4v) is 8.15. The Morgan fingerprint density at radius 1 is 0.807 bits per heavy atom. The summed E-state index contributed by atoms with van der Waals surface area (Å²) in [5.74, 6) is -2.88. The number of fused-ring (bicyclic) bond motifs is 1. The molecule has 0 amide bonds. The summed E-state index contributed by atoms with van der Waals surface area (Å²) in [6.45, 7) is 31.7. The van der Waals surface area contributed by atoms with Crippen LogP contribution in [0.1, 0.15) is 87.2 Å². The van der Waals surface area contributed by atoms with E-state index in [9.17, 15) is 23.6 Å². The molecule has 0 radical (unpaired) electrons. The van der Waals surface area contributed by atoms with Gasteiger partial charge in [0, 0.05) is 50.5 Å². The number of ether oxygens (including phenoxy) is 2. The van der Waals surface area contributed by atoms with E-state index in [1.54, 1.807) is 27.0 Å². The molecule has 2 aromatic carbocycles. The minimum Gasteiger partial charge on any atom is -0.465 e. The minimum absolute atomic E-state index is 0.0707. The summed E-state index contributed by atoms with van der Waals surface area (Å²) in [4.78, 5) is 50.6. The Morgan fingerprint density at radius 3 is 1.91 bits per heavy atom. The van der Waals surface area contributed by atoms with Gasteiger partial charge in [-0.1, -0.05) is 41.5 Å². The van der Waals surface area contributed by atoms with Crippen molar-refractivity contribution in [3.8, 4) is 0 Å². The number of carbonyl (C=O) groups is 3. The third kappa shape index (κ3) is 14.0. The first-order chi connectivity index (χ1) is 26.2. The van der Waals surface area contributed by atoms with Crippen LogP contribution in [-0.2, 0) is 29.7 Å². The van der Waals surface area contributed by atoms with Gasteiger partial charge in [-0.25, -0.2) is 9.18 Å². The van der Waals surface area contributed by atoms with Crippen LogP contribution in [0.15, 0.2) is 35.3 Å². The highest BCUT2D eigenvalue weighted by atomic mass is 127. The molecule has 1 unspecified atom stereocenters. The molecule has 1 atom stereocenters. The third-order valence-corrected chi connectivity index (χ3v) is 21.8. The highest BCUT2D eigenvalue weighted by Crippen LogP contribution is 2.37. The Kier molecular flexibility index (Phi) is 19.3. The number of hydrogen-bond acceptors (Lipinski definition) is 9. The van der Waals surface area contributed by atoms with Crippen LogP contribution >= 0.6 is 45.2 Å². The summed E-state index contributed by atoms with van der Waals surface area (Å²) in [6, 6.07) is 6.65. The molecule has 0 aliphatic heterocycles. The second-order valence-electron chi connectivity index (χ2n) is 17.1. The van der Waals surface area contributed by atoms with E-state index in [2.05, 4.69) is 95.6 Å². The first-order valence-electron chi connectivity index (χ1n) is 19.4. The molecule has 0 saturated carbocycles. The van der Waals surface area contributed by atoms with Crippen LogP contribution in [-0.4, -0.2) is 78.4 Å². The molecule has 3 aromatic rings. The zero-order chi connectivity index (χ0) is 43.7. The lowest BCUT2D eigenvalue weighted by Crippen LogP contribution is -2.43. The topological polar surface area (TPSA) is 122 Å². The Labute approximate surface area is 368 Å². The standard InChI is InChI=1S/C21H33FINO4Si.C21H30INO4Si/c1-8-27-20(26)16(13-24-9-10-28-29(6,7)21(3,4)5)19(25)15-12-18(23)17(22)11-14(15)2;1-8-26-20(25)16-13-23(9-10-27-28(6,7)21(3,4)5)18-11-14(2)17(22)12-15(18)19(16)24/h11-12,16,24H,8-10,13H2,1-7H3;11-13H,8-10H2,1-7H3. The van der Waals surface area contributed by atoms with E-state index < -0.39 is 34.5 Å². The number of Topliss-reactive ketones (excluding diaryl/α,β-unsaturated/α-hetero) is 1. The fraction of sp³-hybridized carbons (Fsp3) is 0.571. The molecular formula is C42H63FI2N2O8Si2. The van der Waals surface area contributed by atoms with Crippen molar-refractivity contribution in [3.63, 3.8) is 0 Å². The Hall–Kier alpha value is -2.04. The van der Waals surface area contributed by atoms with E-state index in [1.807, 2.05) is 46.2 Å². The van der Waals surface area contributed by atoms with Crippen molar-refractivity contribution >= 4 is 90.4 Å². The molecule has 0 spiro atoms. The maximum atomic E-state index is 13.7. The van der Waals surface area contributed by atoms with Gasteiger partial charge in [-0.2, -0.15) is 0 Å². The number of aryl methyl sites for hydroxylation is 2. The Morgan fingerprint density at radius 2 is 1.37 bits per heavy atom. The second-order valence-corrected chi connectivity index (χ2v) is 29.0. The molecule has 15 heteroatoms. The number of rotatable bonds is 16. The molecule has 1 aromatic heterocycles. The molecule has 3 rings (SSSR count). The average Bonchev–Trinajstić information content (AvgIpc) is 3.09. The van der Waals surface area contributed by atoms with Crippen molar-refractivity contribution in [2.24, 2.45) is 5.92 Å². The molecule has 57 heavy (non-hydrogen) atoms. The van der Waals surface area contributed by atoms with Gasteiger partial charge >= 0.3 is 11.9 Å². The number of esters is 2. The van der Waals surface area contributed by atoms with Gasteiger partial charge in [-0.3, -0.25) is 14.4 Å². The lowest BCUT2D eigenvalue weighted by atomic mass is 9.94. The summed E-state index contributed by atoms with van der Waals surface area (Å²) in [5.41, 5.74) is 2.54. The van der Waals surface area contributed by atoms with Gasteiger partial charge in [0.25, 0.3) is 0 Å². The fourth-order valence-electron chi connectivity index (χ4n) is 5.14. The first-order valence-corrected chi connectivity index (χ1v) is 27.3. The third-order valence-electron chi connectivity index (χ3n) is 10.8. The molecule has 318 valence electrons. The zero-order valence-electron chi connectivity index (χ0n) is 36.3. The van der Waals surface area contributed by atoms with Crippen LogP contribution in [0, 0.1) is 32.7 Å². The highest BCUT2D eigenvalue weighted by Gasteiger charge is 2.38. The van der Waals surface area contributed by atoms with Crippen molar-refractivity contribution in [1.82, 2.24) is 9.88 Å². The molecule has 0 bridgehead atoms. The predicted molar refractivity (Wildman–Crippen MR) is 249 cm³/mol. The van der Waals surface area contributed by atoms with Crippen molar-refractivity contribution < 1.29 is 37.1 Å². The lowest BCUT2D eigenvalue weighted by Gasteiger charge is -2.36. The molecule has 1 heterocycles. The summed E-state index contributed by atoms with van der Waals surface area (Å²) < 4.78 is 39.6. The maximum absolute atomic E-state index is 13.7. The van der Waals surface area contributed by atoms with E-state index in [0.717, 1.165) is 14.7 Å². The van der Waals surface area contributed by atoms with E-state index in [0.29, 0.717) is 46.4 Å². The van der Waals surface area contributed by atoms with Crippen LogP contribution < -0.4 is 10.7 Å². The number of benzene rings is 2. The number of aromatic nitrogens is 1. The molecule has 10 nitrogen and oxygen atoms in total. The smallest absolute Gasteiger partial charge is 0.343 e. The molecule has 1 N–H and O–H groups in total. The zero-order valence-corrected chi connectivity index (χ0v) is 42.6. The Bertz CT molecular complexity index is 1960. The van der Waals surface area contributed by atoms with Gasteiger partial charge in [-0.05, 0) is 145 Å². The molecular weight excluding hydrogens is 989 g/mol. The monoisotopic (exact) mass is 1050 g/mol. The predicted octanol–water partition coefficient (Wildman–Crippen LogP) is 9.83. The Balaban J connectivity index is 0.000000394. The normalized spacial score (nSPS) is 12.9. The number of pyridine rings is 1. The first kappa shape index (κ1) is 51.1. The van der Waals surface area contributed by atoms with Crippen molar-refractivity contribution in [1.29, 1.82) is 0 Å². The number of nitrogens with zero attached hydrogens (tertiary/aromatic N) is 1. The summed E-state index contributed by atoms with van der Waals surface area (Å²) >= 11 is 4.05. The van der Waals surface area contributed by atoms with E-state index >= 15 is 0 Å². The second kappa shape index (κ2) is 21.5. The van der Waals surface area contributed by atoms with E-state index in [1.165, 1.54) is 12.1 Å². The maximum Gasteiger partial charge on any atom is 0.343 e. The van der Waals surface area contributed by atoms with E-state index in [4.69, 9.17) is 18.3 Å². The molecule has 0 aliphatic rings. The highest BCUT2D eigenvalue weighted by molar-refractivity contribution is 14.1. The summed E-state index contributed by atoms with van der Waals surface area (Å²) in [7, 11) is -3.72. The van der Waals surface area contributed by atoms with Crippen LogP contribution in [0.25, 0.3) is 10.9 Å². The van der Waals surface area contributed by atoms with Gasteiger partial charge in [0.15, 0.2) is 22.4 Å². The SMILES string of the molecule is CCOC(=O)C(CNCCO[Si](C)(C)C(C)(C)C)C(=O)c1cc(I)c(F)cc1C.CCOC(=O)c1cn(CCO[Si](C)(C)C(C)(C)C)c2cc(C)c(I)cc2c1=O. The quantitative estimate of drug-likeness (QED) is 0.0373. The molecule has 0 saturated heterocycles. The van der Waals surface area contributed by atoms with E-state index in [-0.39, 0.29) is 52.4 Å². The van der Waals surface area contributed by atoms with Crippen molar-refractivity contribution in [3.05, 3.63) is 75.9 Å². The number of ketones is 1. The largest absolute Gasteiger partial charge is 0.465 e. The van der Waals surface area contributed by atoms with Gasteiger partial charge in [0.05, 0.1) is 25.3 Å². The van der Waals surface area contributed by atoms with Crippen LogP contribution in [0.4, 0.5) is 4.39 Å². The molecule has 0 aliphatic carbocycles. The molecule has 0 fully saturated rings. The number of nitrogens with one attached hydrogen (secondary N) is 1. The van der Waals surface area contributed by atoms with Gasteiger partial charge in [-0.15, -0.1) is 0 Å².